The highest BCUT2D eigenvalue weighted by atomic mass is 79.9. The molecule has 0 saturated carbocycles. The molecule has 0 bridgehead atoms. The van der Waals surface area contributed by atoms with Crippen LogP contribution in [0.15, 0.2) is 40.9 Å². The van der Waals surface area contributed by atoms with Gasteiger partial charge in [-0.15, -0.1) is 0 Å². The molecule has 2 aromatic rings. The molecule has 0 atom stereocenters. The predicted octanol–water partition coefficient (Wildman–Crippen LogP) is 4.31. The van der Waals surface area contributed by atoms with Gasteiger partial charge in [-0.2, -0.15) is 0 Å². The van der Waals surface area contributed by atoms with Gasteiger partial charge >= 0.3 is 0 Å². The number of ketones is 1. The van der Waals surface area contributed by atoms with Gasteiger partial charge in [0.25, 0.3) is 0 Å². The van der Waals surface area contributed by atoms with Crippen molar-refractivity contribution in [2.45, 2.75) is 13.8 Å². The van der Waals surface area contributed by atoms with Gasteiger partial charge in [-0.25, -0.2) is 0 Å². The second kappa shape index (κ2) is 5.57. The Labute approximate surface area is 121 Å². The zero-order chi connectivity index (χ0) is 14.0. The summed E-state index contributed by atoms with van der Waals surface area (Å²) in [6, 6.07) is 11.3. The highest BCUT2D eigenvalue weighted by molar-refractivity contribution is 9.10. The molecule has 0 amide bonds. The molecule has 0 aliphatic carbocycles. The summed E-state index contributed by atoms with van der Waals surface area (Å²) >= 11 is 3.37. The lowest BCUT2D eigenvalue weighted by atomic mass is 9.99. The molecule has 0 unspecified atom stereocenters. The van der Waals surface area contributed by atoms with Crippen molar-refractivity contribution >= 4 is 21.7 Å². The molecular weight excluding hydrogens is 304 g/mol. The summed E-state index contributed by atoms with van der Waals surface area (Å²) in [5, 5.41) is 0. The van der Waals surface area contributed by atoms with Crippen LogP contribution in [0.4, 0.5) is 0 Å². The second-order valence-electron chi connectivity index (χ2n) is 4.55. The second-order valence-corrected chi connectivity index (χ2v) is 5.47. The highest BCUT2D eigenvalue weighted by Crippen LogP contribution is 2.26. The lowest BCUT2D eigenvalue weighted by Gasteiger charge is -2.09. The molecule has 98 valence electrons. The van der Waals surface area contributed by atoms with Gasteiger partial charge in [0.1, 0.15) is 5.75 Å². The lowest BCUT2D eigenvalue weighted by molar-refractivity contribution is 0.103. The summed E-state index contributed by atoms with van der Waals surface area (Å²) in [7, 11) is 1.57. The van der Waals surface area contributed by atoms with Crippen LogP contribution in [0, 0.1) is 13.8 Å². The molecule has 0 N–H and O–H groups in total. The fourth-order valence-corrected chi connectivity index (χ4v) is 2.45. The zero-order valence-electron chi connectivity index (χ0n) is 11.2. The summed E-state index contributed by atoms with van der Waals surface area (Å²) < 4.78 is 6.17. The third-order valence-electron chi connectivity index (χ3n) is 2.89. The third kappa shape index (κ3) is 3.04. The molecule has 0 fully saturated rings. The molecule has 0 aromatic heterocycles. The first-order valence-corrected chi connectivity index (χ1v) is 6.77. The van der Waals surface area contributed by atoms with E-state index in [1.165, 1.54) is 0 Å². The Bertz CT molecular complexity index is 612. The minimum atomic E-state index is -0.0175. The molecule has 2 aromatic carbocycles. The van der Waals surface area contributed by atoms with Crippen molar-refractivity contribution in [3.63, 3.8) is 0 Å². The average Bonchev–Trinajstić information content (AvgIpc) is 2.36. The Morgan fingerprint density at radius 3 is 2.26 bits per heavy atom. The number of halogens is 1. The summed E-state index contributed by atoms with van der Waals surface area (Å²) in [6.07, 6.45) is 0. The molecule has 0 saturated heterocycles. The monoisotopic (exact) mass is 318 g/mol. The quantitative estimate of drug-likeness (QED) is 0.788. The Morgan fingerprint density at radius 1 is 1.05 bits per heavy atom. The smallest absolute Gasteiger partial charge is 0.196 e. The molecule has 0 heterocycles. The van der Waals surface area contributed by atoms with Gasteiger partial charge in [-0.05, 0) is 44.2 Å². The van der Waals surface area contributed by atoms with E-state index >= 15 is 0 Å². The summed E-state index contributed by atoms with van der Waals surface area (Å²) in [6.45, 7) is 3.98. The average molecular weight is 319 g/mol. The van der Waals surface area contributed by atoms with Crippen LogP contribution in [-0.2, 0) is 0 Å². The summed E-state index contributed by atoms with van der Waals surface area (Å²) in [4.78, 5) is 12.5. The number of rotatable bonds is 3. The Balaban J connectivity index is 2.49. The zero-order valence-corrected chi connectivity index (χ0v) is 12.7. The standard InChI is InChI=1S/C16H15BrO2/c1-10-6-11(2)8-12(7-10)16(18)14-5-4-13(17)9-15(14)19-3/h4-9H,1-3H3. The first-order chi connectivity index (χ1) is 9.01. The van der Waals surface area contributed by atoms with E-state index in [1.54, 1.807) is 19.2 Å². The van der Waals surface area contributed by atoms with Gasteiger partial charge in [0.15, 0.2) is 5.78 Å². The minimum Gasteiger partial charge on any atom is -0.496 e. The fourth-order valence-electron chi connectivity index (χ4n) is 2.11. The number of carbonyl (C=O) groups is 1. The summed E-state index contributed by atoms with van der Waals surface area (Å²) in [5.41, 5.74) is 3.44. The number of methoxy groups -OCH3 is 1. The number of hydrogen-bond acceptors (Lipinski definition) is 2. The first kappa shape index (κ1) is 13.8. The van der Waals surface area contributed by atoms with Crippen LogP contribution in [0.1, 0.15) is 27.0 Å². The maximum absolute atomic E-state index is 12.5. The molecule has 3 heteroatoms. The maximum atomic E-state index is 12.5. The first-order valence-electron chi connectivity index (χ1n) is 5.98. The number of aryl methyl sites for hydroxylation is 2. The van der Waals surface area contributed by atoms with Crippen molar-refractivity contribution in [1.82, 2.24) is 0 Å². The van der Waals surface area contributed by atoms with Crippen LogP contribution in [0.3, 0.4) is 0 Å². The third-order valence-corrected chi connectivity index (χ3v) is 3.39. The maximum Gasteiger partial charge on any atom is 0.196 e. The number of carbonyl (C=O) groups excluding carboxylic acids is 1. The molecule has 0 aliphatic heterocycles. The molecule has 0 radical (unpaired) electrons. The number of benzene rings is 2. The van der Waals surface area contributed by atoms with E-state index in [9.17, 15) is 4.79 Å². The van der Waals surface area contributed by atoms with E-state index in [4.69, 9.17) is 4.74 Å². The molecule has 0 spiro atoms. The van der Waals surface area contributed by atoms with Crippen LogP contribution >= 0.6 is 15.9 Å². The van der Waals surface area contributed by atoms with Crippen molar-refractivity contribution in [1.29, 1.82) is 0 Å². The molecule has 19 heavy (non-hydrogen) atoms. The van der Waals surface area contributed by atoms with Crippen molar-refractivity contribution < 1.29 is 9.53 Å². The normalized spacial score (nSPS) is 10.3. The van der Waals surface area contributed by atoms with E-state index in [0.29, 0.717) is 16.9 Å². The molecule has 0 aliphatic rings. The molecule has 2 nitrogen and oxygen atoms in total. The van der Waals surface area contributed by atoms with E-state index in [-0.39, 0.29) is 5.78 Å². The summed E-state index contributed by atoms with van der Waals surface area (Å²) in [5.74, 6) is 0.565. The van der Waals surface area contributed by atoms with Crippen LogP contribution in [0.25, 0.3) is 0 Å². The largest absolute Gasteiger partial charge is 0.496 e. The van der Waals surface area contributed by atoms with Crippen LogP contribution < -0.4 is 4.74 Å². The topological polar surface area (TPSA) is 26.3 Å². The van der Waals surface area contributed by atoms with Crippen molar-refractivity contribution in [3.8, 4) is 5.75 Å². The minimum absolute atomic E-state index is 0.0175. The fraction of sp³-hybridized carbons (Fsp3) is 0.188. The van der Waals surface area contributed by atoms with E-state index in [2.05, 4.69) is 22.0 Å². The van der Waals surface area contributed by atoms with Crippen molar-refractivity contribution in [2.75, 3.05) is 7.11 Å². The van der Waals surface area contributed by atoms with Crippen molar-refractivity contribution in [3.05, 3.63) is 63.1 Å². The van der Waals surface area contributed by atoms with Gasteiger partial charge in [0, 0.05) is 10.0 Å². The number of ether oxygens (including phenoxy) is 1. The van der Waals surface area contributed by atoms with Crippen LogP contribution in [0.5, 0.6) is 5.75 Å². The van der Waals surface area contributed by atoms with E-state index in [1.807, 2.05) is 32.0 Å². The number of hydrogen-bond donors (Lipinski definition) is 0. The Kier molecular flexibility index (Phi) is 4.05. The van der Waals surface area contributed by atoms with Crippen molar-refractivity contribution in [2.24, 2.45) is 0 Å². The van der Waals surface area contributed by atoms with E-state index < -0.39 is 0 Å². The molecule has 2 rings (SSSR count). The highest BCUT2D eigenvalue weighted by Gasteiger charge is 2.15. The van der Waals surface area contributed by atoms with Crippen LogP contribution in [-0.4, -0.2) is 12.9 Å². The van der Waals surface area contributed by atoms with Crippen LogP contribution in [0.2, 0.25) is 0 Å². The van der Waals surface area contributed by atoms with Gasteiger partial charge in [0.2, 0.25) is 0 Å². The Hall–Kier alpha value is -1.61. The van der Waals surface area contributed by atoms with Gasteiger partial charge < -0.3 is 4.74 Å². The van der Waals surface area contributed by atoms with Gasteiger partial charge in [0.05, 0.1) is 12.7 Å². The predicted molar refractivity (Wildman–Crippen MR) is 80.0 cm³/mol. The SMILES string of the molecule is COc1cc(Br)ccc1C(=O)c1cc(C)cc(C)c1. The lowest BCUT2D eigenvalue weighted by Crippen LogP contribution is -2.04. The Morgan fingerprint density at radius 2 is 1.68 bits per heavy atom. The molecular formula is C16H15BrO2. The van der Waals surface area contributed by atoms with E-state index in [0.717, 1.165) is 15.6 Å². The van der Waals surface area contributed by atoms with Gasteiger partial charge in [-0.1, -0.05) is 33.1 Å². The van der Waals surface area contributed by atoms with Gasteiger partial charge in [-0.3, -0.25) is 4.79 Å².